The molecule has 1 aromatic heterocycles. The van der Waals surface area contributed by atoms with Crippen molar-refractivity contribution in [3.05, 3.63) is 41.7 Å². The van der Waals surface area contributed by atoms with Gasteiger partial charge < -0.3 is 10.1 Å². The second-order valence-electron chi connectivity index (χ2n) is 4.30. The quantitative estimate of drug-likeness (QED) is 0.826. The minimum absolute atomic E-state index is 0.393. The van der Waals surface area contributed by atoms with Crippen LogP contribution in [-0.2, 0) is 6.54 Å². The van der Waals surface area contributed by atoms with Crippen LogP contribution in [0.25, 0.3) is 0 Å². The summed E-state index contributed by atoms with van der Waals surface area (Å²) in [6.07, 6.45) is 3.84. The van der Waals surface area contributed by atoms with E-state index in [0.717, 1.165) is 35.0 Å². The summed E-state index contributed by atoms with van der Waals surface area (Å²) in [7, 11) is 0. The first-order valence-corrected chi connectivity index (χ1v) is 7.81. The highest BCUT2D eigenvalue weighted by molar-refractivity contribution is 7.98. The van der Waals surface area contributed by atoms with Crippen molar-refractivity contribution in [3.8, 4) is 11.8 Å². The summed E-state index contributed by atoms with van der Waals surface area (Å²) >= 11 is 1.64. The molecule has 0 radical (unpaired) electrons. The van der Waals surface area contributed by atoms with Crippen LogP contribution in [0, 0.1) is 6.92 Å². The summed E-state index contributed by atoms with van der Waals surface area (Å²) in [5.74, 6) is 0.791. The Hall–Kier alpha value is -1.59. The molecule has 5 heteroatoms. The maximum Gasteiger partial charge on any atom is 0.322 e. The van der Waals surface area contributed by atoms with Gasteiger partial charge in [-0.2, -0.15) is 4.98 Å². The molecule has 1 aromatic carbocycles. The number of benzene rings is 1. The number of hydrogen-bond acceptors (Lipinski definition) is 5. The Morgan fingerprint density at radius 2 is 2.10 bits per heavy atom. The summed E-state index contributed by atoms with van der Waals surface area (Å²) in [6.45, 7) is 5.76. The van der Waals surface area contributed by atoms with Crippen molar-refractivity contribution in [2.75, 3.05) is 12.8 Å². The van der Waals surface area contributed by atoms with E-state index >= 15 is 0 Å². The topological polar surface area (TPSA) is 47.0 Å². The molecule has 2 rings (SSSR count). The van der Waals surface area contributed by atoms with E-state index in [0.29, 0.717) is 6.01 Å². The van der Waals surface area contributed by atoms with Gasteiger partial charge in [0.25, 0.3) is 0 Å². The van der Waals surface area contributed by atoms with Crippen LogP contribution in [-0.4, -0.2) is 22.8 Å². The van der Waals surface area contributed by atoms with Gasteiger partial charge in [-0.3, -0.25) is 0 Å². The molecule has 0 aliphatic rings. The van der Waals surface area contributed by atoms with E-state index in [1.165, 1.54) is 0 Å². The first-order valence-electron chi connectivity index (χ1n) is 6.58. The van der Waals surface area contributed by atoms with Crippen LogP contribution in [0.1, 0.15) is 18.2 Å². The minimum atomic E-state index is 0.393. The van der Waals surface area contributed by atoms with Crippen molar-refractivity contribution in [3.63, 3.8) is 0 Å². The lowest BCUT2D eigenvalue weighted by Crippen LogP contribution is -2.13. The van der Waals surface area contributed by atoms with E-state index in [1.807, 2.05) is 43.6 Å². The molecule has 1 N–H and O–H groups in total. The van der Waals surface area contributed by atoms with Crippen molar-refractivity contribution in [2.45, 2.75) is 25.3 Å². The molecule has 0 saturated heterocycles. The zero-order valence-corrected chi connectivity index (χ0v) is 12.8. The summed E-state index contributed by atoms with van der Waals surface area (Å²) in [4.78, 5) is 9.77. The Balaban J connectivity index is 2.16. The first kappa shape index (κ1) is 14.8. The van der Waals surface area contributed by atoms with Crippen LogP contribution in [0.4, 0.5) is 0 Å². The molecule has 106 valence electrons. The van der Waals surface area contributed by atoms with Gasteiger partial charge in [-0.1, -0.05) is 19.1 Å². The van der Waals surface area contributed by atoms with Crippen LogP contribution in [0.15, 0.2) is 35.4 Å². The third-order valence-electron chi connectivity index (χ3n) is 2.89. The molecule has 0 unspecified atom stereocenters. The summed E-state index contributed by atoms with van der Waals surface area (Å²) in [6, 6.07) is 8.28. The Morgan fingerprint density at radius 1 is 1.30 bits per heavy atom. The summed E-state index contributed by atoms with van der Waals surface area (Å²) in [5, 5.41) is 3.27. The van der Waals surface area contributed by atoms with Crippen LogP contribution >= 0.6 is 11.8 Å². The third-order valence-corrected chi connectivity index (χ3v) is 3.67. The highest BCUT2D eigenvalue weighted by atomic mass is 32.2. The molecule has 0 aliphatic heterocycles. The summed E-state index contributed by atoms with van der Waals surface area (Å²) < 4.78 is 5.78. The predicted octanol–water partition coefficient (Wildman–Crippen LogP) is 3.41. The van der Waals surface area contributed by atoms with Crippen LogP contribution < -0.4 is 10.1 Å². The van der Waals surface area contributed by atoms with Gasteiger partial charge in [0, 0.05) is 28.9 Å². The summed E-state index contributed by atoms with van der Waals surface area (Å²) in [5.41, 5.74) is 2.04. The first-order chi connectivity index (χ1) is 9.74. The van der Waals surface area contributed by atoms with E-state index in [2.05, 4.69) is 22.2 Å². The number of thioether (sulfide) groups is 1. The van der Waals surface area contributed by atoms with Crippen molar-refractivity contribution in [2.24, 2.45) is 0 Å². The molecule has 4 nitrogen and oxygen atoms in total. The normalized spacial score (nSPS) is 10.6. The fourth-order valence-electron chi connectivity index (χ4n) is 1.75. The maximum absolute atomic E-state index is 5.78. The molecule has 0 amide bonds. The molecule has 0 bridgehead atoms. The molecular formula is C15H19N3OS. The number of rotatable bonds is 6. The average Bonchev–Trinajstić information content (AvgIpc) is 2.47. The van der Waals surface area contributed by atoms with Crippen molar-refractivity contribution in [1.29, 1.82) is 0 Å². The fourth-order valence-corrected chi connectivity index (χ4v) is 2.28. The molecule has 0 atom stereocenters. The number of nitrogens with one attached hydrogen (secondary N) is 1. The fraction of sp³-hybridized carbons (Fsp3) is 0.333. The number of nitrogens with zero attached hydrogens (tertiary/aromatic N) is 2. The molecule has 0 saturated carbocycles. The lowest BCUT2D eigenvalue weighted by Gasteiger charge is -2.10. The smallest absolute Gasteiger partial charge is 0.322 e. The van der Waals surface area contributed by atoms with Crippen molar-refractivity contribution >= 4 is 11.8 Å². The van der Waals surface area contributed by atoms with Gasteiger partial charge in [0.1, 0.15) is 5.75 Å². The van der Waals surface area contributed by atoms with E-state index in [1.54, 1.807) is 11.8 Å². The van der Waals surface area contributed by atoms with E-state index < -0.39 is 0 Å². The molecule has 0 fully saturated rings. The predicted molar refractivity (Wildman–Crippen MR) is 82.4 cm³/mol. The number of aromatic nitrogens is 2. The van der Waals surface area contributed by atoms with Gasteiger partial charge in [-0.15, -0.1) is 11.8 Å². The highest BCUT2D eigenvalue weighted by Gasteiger charge is 2.07. The monoisotopic (exact) mass is 289 g/mol. The van der Waals surface area contributed by atoms with E-state index in [4.69, 9.17) is 4.74 Å². The molecule has 2 aromatic rings. The van der Waals surface area contributed by atoms with Crippen molar-refractivity contribution < 1.29 is 4.74 Å². The number of ether oxygens (including phenoxy) is 1. The standard InChI is InChI=1S/C15H19N3OS/c1-4-16-9-12-10-17-15(18-11(12)2)19-13-7-5-6-8-14(13)20-3/h5-8,10,16H,4,9H2,1-3H3. The largest absolute Gasteiger partial charge is 0.423 e. The van der Waals surface area contributed by atoms with Gasteiger partial charge in [-0.05, 0) is 31.9 Å². The van der Waals surface area contributed by atoms with Gasteiger partial charge in [0.15, 0.2) is 0 Å². The van der Waals surface area contributed by atoms with Gasteiger partial charge in [0.2, 0.25) is 0 Å². The average molecular weight is 289 g/mol. The lowest BCUT2D eigenvalue weighted by molar-refractivity contribution is 0.429. The number of aryl methyl sites for hydroxylation is 1. The van der Waals surface area contributed by atoms with Gasteiger partial charge >= 0.3 is 6.01 Å². The van der Waals surface area contributed by atoms with Gasteiger partial charge in [0.05, 0.1) is 0 Å². The Kier molecular flexibility index (Phi) is 5.38. The van der Waals surface area contributed by atoms with Gasteiger partial charge in [-0.25, -0.2) is 4.98 Å². The number of hydrogen-bond donors (Lipinski definition) is 1. The number of para-hydroxylation sites is 1. The minimum Gasteiger partial charge on any atom is -0.423 e. The third kappa shape index (κ3) is 3.71. The van der Waals surface area contributed by atoms with Crippen molar-refractivity contribution in [1.82, 2.24) is 15.3 Å². The molecule has 0 spiro atoms. The molecule has 0 aliphatic carbocycles. The zero-order chi connectivity index (χ0) is 14.4. The molecule has 1 heterocycles. The molecule has 20 heavy (non-hydrogen) atoms. The molecular weight excluding hydrogens is 270 g/mol. The highest BCUT2D eigenvalue weighted by Crippen LogP contribution is 2.29. The van der Waals surface area contributed by atoms with E-state index in [9.17, 15) is 0 Å². The lowest BCUT2D eigenvalue weighted by atomic mass is 10.2. The maximum atomic E-state index is 5.78. The second-order valence-corrected chi connectivity index (χ2v) is 5.14. The SMILES string of the molecule is CCNCc1cnc(Oc2ccccc2SC)nc1C. The Morgan fingerprint density at radius 3 is 2.80 bits per heavy atom. The van der Waals surface area contributed by atoms with Crippen LogP contribution in [0.2, 0.25) is 0 Å². The zero-order valence-electron chi connectivity index (χ0n) is 12.0. The second kappa shape index (κ2) is 7.26. The van der Waals surface area contributed by atoms with E-state index in [-0.39, 0.29) is 0 Å². The van der Waals surface area contributed by atoms with Crippen LogP contribution in [0.3, 0.4) is 0 Å². The Bertz CT molecular complexity index is 575. The Labute approximate surface area is 124 Å². The van der Waals surface area contributed by atoms with Crippen LogP contribution in [0.5, 0.6) is 11.8 Å².